The van der Waals surface area contributed by atoms with Gasteiger partial charge >= 0.3 is 0 Å². The molecule has 36 valence electrons. The topological polar surface area (TPSA) is 72.3 Å². The summed E-state index contributed by atoms with van der Waals surface area (Å²) < 4.78 is 0. The van der Waals surface area contributed by atoms with E-state index in [1.54, 1.807) is 0 Å². The van der Waals surface area contributed by atoms with E-state index in [4.69, 9.17) is 16.6 Å². The van der Waals surface area contributed by atoms with Crippen molar-refractivity contribution in [1.82, 2.24) is 0 Å². The Morgan fingerprint density at radius 3 is 1.67 bits per heavy atom. The highest BCUT2D eigenvalue weighted by molar-refractivity contribution is 4.93. The van der Waals surface area contributed by atoms with Gasteiger partial charge in [0.05, 0.1) is 5.70 Å². The molecule has 3 nitrogen and oxygen atoms in total. The summed E-state index contributed by atoms with van der Waals surface area (Å²) in [7, 11) is 0. The molecule has 0 bridgehead atoms. The molecule has 0 spiro atoms. The quantitative estimate of drug-likeness (QED) is 0.354. The molecule has 5 N–H and O–H groups in total. The first-order chi connectivity index (χ1) is 2.64. The first-order valence-electron chi connectivity index (χ1n) is 1.55. The van der Waals surface area contributed by atoms with Gasteiger partial charge in [-0.25, -0.2) is 0 Å². The summed E-state index contributed by atoms with van der Waals surface area (Å²) in [5, 5.41) is 8.16. The van der Waals surface area contributed by atoms with E-state index >= 15 is 0 Å². The Balaban J connectivity index is 3.68. The second-order valence-corrected chi connectivity index (χ2v) is 1.07. The van der Waals surface area contributed by atoms with E-state index in [0.29, 0.717) is 0 Å². The molecule has 0 rings (SSSR count). The first kappa shape index (κ1) is 5.14. The molecule has 0 saturated carbocycles. The fourth-order valence-electron chi connectivity index (χ4n) is 0. The van der Waals surface area contributed by atoms with Crippen LogP contribution in [0.2, 0.25) is 0 Å². The van der Waals surface area contributed by atoms with Crippen LogP contribution in [-0.2, 0) is 0 Å². The Morgan fingerprint density at radius 2 is 1.67 bits per heavy atom. The Hall–Kier alpha value is -0.860. The van der Waals surface area contributed by atoms with E-state index in [2.05, 4.69) is 0 Å². The monoisotopic (exact) mass is 88.1 g/mol. The summed E-state index contributed by atoms with van der Waals surface area (Å²) >= 11 is 0. The maximum absolute atomic E-state index is 8.16. The third kappa shape index (κ3) is 1.46. The molecule has 0 aliphatic rings. The molecule has 0 aromatic carbocycles. The smallest absolute Gasteiger partial charge is 0.200 e. The third-order valence-electron chi connectivity index (χ3n) is 0.404. The lowest BCUT2D eigenvalue weighted by atomic mass is 10.5. The zero-order valence-corrected chi connectivity index (χ0v) is 3.60. The molecule has 0 aromatic heterocycles. The van der Waals surface area contributed by atoms with Gasteiger partial charge in [-0.3, -0.25) is 0 Å². The Bertz CT molecular complexity index is 58.9. The lowest BCUT2D eigenvalue weighted by Crippen LogP contribution is -2.04. The lowest BCUT2D eigenvalue weighted by molar-refractivity contribution is 0.397. The van der Waals surface area contributed by atoms with Crippen molar-refractivity contribution in [2.75, 3.05) is 0 Å². The van der Waals surface area contributed by atoms with Gasteiger partial charge in [-0.2, -0.15) is 0 Å². The molecule has 0 aromatic rings. The van der Waals surface area contributed by atoms with Gasteiger partial charge in [-0.05, 0) is 6.92 Å². The maximum atomic E-state index is 8.16. The van der Waals surface area contributed by atoms with E-state index in [1.807, 2.05) is 0 Å². The van der Waals surface area contributed by atoms with Crippen molar-refractivity contribution in [2.45, 2.75) is 6.92 Å². The van der Waals surface area contributed by atoms with E-state index in [0.717, 1.165) is 0 Å². The molecule has 0 radical (unpaired) electrons. The Labute approximate surface area is 36.3 Å². The van der Waals surface area contributed by atoms with Gasteiger partial charge in [0.25, 0.3) is 0 Å². The van der Waals surface area contributed by atoms with Crippen molar-refractivity contribution in [1.29, 1.82) is 0 Å². The normalized spacial score (nSPS) is 13.5. The summed E-state index contributed by atoms with van der Waals surface area (Å²) in [6.45, 7) is 1.52. The SMILES string of the molecule is C/C(N)=C(\N)O. The van der Waals surface area contributed by atoms with E-state index in [1.165, 1.54) is 6.92 Å². The van der Waals surface area contributed by atoms with Gasteiger partial charge in [0, 0.05) is 0 Å². The first-order valence-corrected chi connectivity index (χ1v) is 1.55. The van der Waals surface area contributed by atoms with Crippen molar-refractivity contribution in [3.63, 3.8) is 0 Å². The maximum Gasteiger partial charge on any atom is 0.200 e. The molecule has 0 aliphatic heterocycles. The minimum atomic E-state index is -0.296. The standard InChI is InChI=1S/C3H8N2O/c1-2(4)3(5)6/h6H,4-5H2,1H3/b3-2-. The fourth-order valence-corrected chi connectivity index (χ4v) is 0. The number of nitrogens with two attached hydrogens (primary N) is 2. The average molecular weight is 88.1 g/mol. The van der Waals surface area contributed by atoms with E-state index in [9.17, 15) is 0 Å². The summed E-state index contributed by atoms with van der Waals surface area (Å²) in [5.41, 5.74) is 9.94. The molecule has 3 heteroatoms. The molecular weight excluding hydrogens is 80.0 g/mol. The zero-order valence-electron chi connectivity index (χ0n) is 3.60. The largest absolute Gasteiger partial charge is 0.494 e. The summed E-state index contributed by atoms with van der Waals surface area (Å²) in [4.78, 5) is 0. The molecule has 0 amide bonds. The summed E-state index contributed by atoms with van der Waals surface area (Å²) in [5.74, 6) is -0.296. The molecule has 0 fully saturated rings. The number of allylic oxidation sites excluding steroid dienone is 1. The number of hydrogen-bond acceptors (Lipinski definition) is 3. The Kier molecular flexibility index (Phi) is 1.32. The van der Waals surface area contributed by atoms with Crippen molar-refractivity contribution < 1.29 is 5.11 Å². The Morgan fingerprint density at radius 1 is 1.50 bits per heavy atom. The average Bonchev–Trinajstić information content (AvgIpc) is 1.36. The van der Waals surface area contributed by atoms with Crippen molar-refractivity contribution in [3.8, 4) is 0 Å². The van der Waals surface area contributed by atoms with Crippen LogP contribution in [0, 0.1) is 0 Å². The minimum Gasteiger partial charge on any atom is -0.494 e. The molecule has 0 heterocycles. The van der Waals surface area contributed by atoms with Crippen LogP contribution >= 0.6 is 0 Å². The van der Waals surface area contributed by atoms with Crippen LogP contribution in [0.1, 0.15) is 6.92 Å². The van der Waals surface area contributed by atoms with Crippen molar-refractivity contribution in [2.24, 2.45) is 11.5 Å². The highest BCUT2D eigenvalue weighted by Crippen LogP contribution is 1.77. The molecule has 0 saturated heterocycles. The van der Waals surface area contributed by atoms with E-state index < -0.39 is 0 Å². The highest BCUT2D eigenvalue weighted by Gasteiger charge is 1.80. The number of aliphatic hydroxyl groups excluding tert-OH is 1. The second kappa shape index (κ2) is 1.55. The highest BCUT2D eigenvalue weighted by atomic mass is 16.3. The van der Waals surface area contributed by atoms with Crippen LogP contribution in [0.3, 0.4) is 0 Å². The fraction of sp³-hybridized carbons (Fsp3) is 0.333. The predicted octanol–water partition coefficient (Wildman–Crippen LogP) is -0.349. The van der Waals surface area contributed by atoms with Gasteiger partial charge < -0.3 is 16.6 Å². The molecule has 6 heavy (non-hydrogen) atoms. The summed E-state index contributed by atoms with van der Waals surface area (Å²) in [6, 6.07) is 0. The van der Waals surface area contributed by atoms with Gasteiger partial charge in [0.15, 0.2) is 0 Å². The van der Waals surface area contributed by atoms with Crippen LogP contribution in [0.25, 0.3) is 0 Å². The number of hydrogen-bond donors (Lipinski definition) is 3. The van der Waals surface area contributed by atoms with Gasteiger partial charge in [-0.15, -0.1) is 0 Å². The van der Waals surface area contributed by atoms with Crippen LogP contribution < -0.4 is 11.5 Å². The molecule has 0 atom stereocenters. The molecular formula is C3H8N2O. The lowest BCUT2D eigenvalue weighted by Gasteiger charge is -1.87. The van der Waals surface area contributed by atoms with Crippen molar-refractivity contribution in [3.05, 3.63) is 11.6 Å². The van der Waals surface area contributed by atoms with E-state index in [-0.39, 0.29) is 11.6 Å². The number of aliphatic hydroxyl groups is 1. The second-order valence-electron chi connectivity index (χ2n) is 1.07. The minimum absolute atomic E-state index is 0.259. The third-order valence-corrected chi connectivity index (χ3v) is 0.404. The van der Waals surface area contributed by atoms with Crippen LogP contribution in [0.4, 0.5) is 0 Å². The van der Waals surface area contributed by atoms with Crippen LogP contribution in [0.5, 0.6) is 0 Å². The van der Waals surface area contributed by atoms with Gasteiger partial charge in [-0.1, -0.05) is 0 Å². The van der Waals surface area contributed by atoms with Gasteiger partial charge in [0.2, 0.25) is 5.88 Å². The van der Waals surface area contributed by atoms with Crippen molar-refractivity contribution >= 4 is 0 Å². The van der Waals surface area contributed by atoms with Crippen LogP contribution in [0.15, 0.2) is 11.6 Å². The molecule has 0 aliphatic carbocycles. The number of rotatable bonds is 0. The van der Waals surface area contributed by atoms with Gasteiger partial charge in [0.1, 0.15) is 0 Å². The van der Waals surface area contributed by atoms with Crippen LogP contribution in [-0.4, -0.2) is 5.11 Å². The zero-order chi connectivity index (χ0) is 5.15. The summed E-state index contributed by atoms with van der Waals surface area (Å²) in [6.07, 6.45) is 0. The predicted molar refractivity (Wildman–Crippen MR) is 23.7 cm³/mol. The molecule has 0 unspecified atom stereocenters.